The first kappa shape index (κ1) is 16.0. The van der Waals surface area contributed by atoms with Crippen LogP contribution in [0, 0.1) is 18.7 Å². The predicted octanol–water partition coefficient (Wildman–Crippen LogP) is 3.35. The SMILES string of the molecule is CCOC(=O)C1CCC(NCc2ccc(F)cc2C)CC1. The highest BCUT2D eigenvalue weighted by Crippen LogP contribution is 2.25. The number of benzene rings is 1. The Hall–Kier alpha value is -1.42. The van der Waals surface area contributed by atoms with Gasteiger partial charge in [-0.15, -0.1) is 0 Å². The number of aryl methyl sites for hydroxylation is 1. The lowest BCUT2D eigenvalue weighted by Crippen LogP contribution is -2.35. The van der Waals surface area contributed by atoms with Crippen LogP contribution in [-0.2, 0) is 16.1 Å². The van der Waals surface area contributed by atoms with Crippen molar-refractivity contribution in [1.82, 2.24) is 5.32 Å². The van der Waals surface area contributed by atoms with Gasteiger partial charge in [-0.05, 0) is 62.8 Å². The first-order valence-corrected chi connectivity index (χ1v) is 7.75. The first-order chi connectivity index (χ1) is 10.1. The second-order valence-electron chi connectivity index (χ2n) is 5.75. The third-order valence-electron chi connectivity index (χ3n) is 4.23. The molecule has 4 heteroatoms. The summed E-state index contributed by atoms with van der Waals surface area (Å²) in [5, 5.41) is 3.52. The normalized spacial score (nSPS) is 22.0. The van der Waals surface area contributed by atoms with E-state index in [0.717, 1.165) is 43.4 Å². The number of esters is 1. The number of nitrogens with one attached hydrogen (secondary N) is 1. The van der Waals surface area contributed by atoms with Gasteiger partial charge in [-0.1, -0.05) is 6.07 Å². The average Bonchev–Trinajstić information content (AvgIpc) is 2.47. The molecule has 2 rings (SSSR count). The number of hydrogen-bond acceptors (Lipinski definition) is 3. The van der Waals surface area contributed by atoms with E-state index in [1.165, 1.54) is 6.07 Å². The van der Waals surface area contributed by atoms with Gasteiger partial charge < -0.3 is 10.1 Å². The number of hydrogen-bond donors (Lipinski definition) is 1. The lowest BCUT2D eigenvalue weighted by molar-refractivity contribution is -0.149. The van der Waals surface area contributed by atoms with E-state index < -0.39 is 0 Å². The van der Waals surface area contributed by atoms with Gasteiger partial charge in [0.2, 0.25) is 0 Å². The van der Waals surface area contributed by atoms with Crippen LogP contribution < -0.4 is 5.32 Å². The maximum atomic E-state index is 13.1. The summed E-state index contributed by atoms with van der Waals surface area (Å²) >= 11 is 0. The maximum absolute atomic E-state index is 13.1. The second-order valence-corrected chi connectivity index (χ2v) is 5.75. The van der Waals surface area contributed by atoms with Crippen LogP contribution in [0.4, 0.5) is 4.39 Å². The van der Waals surface area contributed by atoms with Crippen molar-refractivity contribution in [1.29, 1.82) is 0 Å². The molecule has 1 aliphatic carbocycles. The molecule has 0 spiro atoms. The molecule has 116 valence electrons. The first-order valence-electron chi connectivity index (χ1n) is 7.75. The summed E-state index contributed by atoms with van der Waals surface area (Å²) in [5.41, 5.74) is 2.10. The molecule has 0 bridgehead atoms. The Balaban J connectivity index is 1.77. The second kappa shape index (κ2) is 7.55. The van der Waals surface area contributed by atoms with E-state index in [4.69, 9.17) is 4.74 Å². The molecule has 0 aromatic heterocycles. The highest BCUT2D eigenvalue weighted by Gasteiger charge is 2.26. The minimum absolute atomic E-state index is 0.0506. The van der Waals surface area contributed by atoms with E-state index in [2.05, 4.69) is 5.32 Å². The standard InChI is InChI=1S/C17H24FNO2/c1-3-21-17(20)13-5-8-16(9-6-13)19-11-14-4-7-15(18)10-12(14)2/h4,7,10,13,16,19H,3,5-6,8-9,11H2,1-2H3. The molecule has 21 heavy (non-hydrogen) atoms. The third-order valence-corrected chi connectivity index (χ3v) is 4.23. The highest BCUT2D eigenvalue weighted by atomic mass is 19.1. The number of carbonyl (C=O) groups is 1. The average molecular weight is 293 g/mol. The Morgan fingerprint density at radius 1 is 1.33 bits per heavy atom. The molecule has 0 radical (unpaired) electrons. The molecular weight excluding hydrogens is 269 g/mol. The fraction of sp³-hybridized carbons (Fsp3) is 0.588. The summed E-state index contributed by atoms with van der Waals surface area (Å²) in [6, 6.07) is 5.33. The van der Waals surface area contributed by atoms with Crippen LogP contribution in [0.15, 0.2) is 18.2 Å². The minimum atomic E-state index is -0.189. The van der Waals surface area contributed by atoms with Crippen molar-refractivity contribution in [2.24, 2.45) is 5.92 Å². The molecule has 1 aromatic rings. The molecule has 0 aliphatic heterocycles. The van der Waals surface area contributed by atoms with E-state index >= 15 is 0 Å². The van der Waals surface area contributed by atoms with E-state index in [0.29, 0.717) is 12.6 Å². The number of ether oxygens (including phenoxy) is 1. The molecule has 1 saturated carbocycles. The number of carbonyl (C=O) groups excluding carboxylic acids is 1. The molecule has 3 nitrogen and oxygen atoms in total. The monoisotopic (exact) mass is 293 g/mol. The van der Waals surface area contributed by atoms with Crippen molar-refractivity contribution in [2.75, 3.05) is 6.61 Å². The summed E-state index contributed by atoms with van der Waals surface area (Å²) < 4.78 is 18.1. The van der Waals surface area contributed by atoms with Gasteiger partial charge in [0.25, 0.3) is 0 Å². The molecule has 0 heterocycles. The van der Waals surface area contributed by atoms with Crippen LogP contribution in [0.3, 0.4) is 0 Å². The molecule has 0 unspecified atom stereocenters. The Bertz CT molecular complexity index is 482. The number of rotatable bonds is 5. The van der Waals surface area contributed by atoms with E-state index in [1.807, 2.05) is 19.9 Å². The summed E-state index contributed by atoms with van der Waals surface area (Å²) in [5.74, 6) is -0.174. The summed E-state index contributed by atoms with van der Waals surface area (Å²) in [6.45, 7) is 4.98. The van der Waals surface area contributed by atoms with Crippen molar-refractivity contribution in [3.8, 4) is 0 Å². The highest BCUT2D eigenvalue weighted by molar-refractivity contribution is 5.72. The summed E-state index contributed by atoms with van der Waals surface area (Å²) in [4.78, 5) is 11.7. The summed E-state index contributed by atoms with van der Waals surface area (Å²) in [6.07, 6.45) is 3.76. The Morgan fingerprint density at radius 2 is 2.05 bits per heavy atom. The van der Waals surface area contributed by atoms with Gasteiger partial charge >= 0.3 is 5.97 Å². The van der Waals surface area contributed by atoms with Gasteiger partial charge in [0.05, 0.1) is 12.5 Å². The van der Waals surface area contributed by atoms with E-state index in [-0.39, 0.29) is 17.7 Å². The minimum Gasteiger partial charge on any atom is -0.466 e. The van der Waals surface area contributed by atoms with Crippen LogP contribution in [0.25, 0.3) is 0 Å². The van der Waals surface area contributed by atoms with Gasteiger partial charge in [-0.3, -0.25) is 4.79 Å². The largest absolute Gasteiger partial charge is 0.466 e. The van der Waals surface area contributed by atoms with Crippen molar-refractivity contribution in [3.05, 3.63) is 35.1 Å². The zero-order valence-electron chi connectivity index (χ0n) is 12.8. The van der Waals surface area contributed by atoms with Gasteiger partial charge in [0.1, 0.15) is 5.82 Å². The smallest absolute Gasteiger partial charge is 0.308 e. The van der Waals surface area contributed by atoms with Gasteiger partial charge in [0, 0.05) is 12.6 Å². The Kier molecular flexibility index (Phi) is 5.74. The topological polar surface area (TPSA) is 38.3 Å². The molecule has 1 aliphatic rings. The molecule has 0 atom stereocenters. The summed E-state index contributed by atoms with van der Waals surface area (Å²) in [7, 11) is 0. The molecule has 0 amide bonds. The molecular formula is C17H24FNO2. The maximum Gasteiger partial charge on any atom is 0.308 e. The zero-order valence-corrected chi connectivity index (χ0v) is 12.8. The van der Waals surface area contributed by atoms with Gasteiger partial charge in [-0.25, -0.2) is 4.39 Å². The van der Waals surface area contributed by atoms with Gasteiger partial charge in [0.15, 0.2) is 0 Å². The quantitative estimate of drug-likeness (QED) is 0.846. The number of halogens is 1. The van der Waals surface area contributed by atoms with Crippen LogP contribution in [0.1, 0.15) is 43.7 Å². The van der Waals surface area contributed by atoms with E-state index in [9.17, 15) is 9.18 Å². The van der Waals surface area contributed by atoms with Gasteiger partial charge in [-0.2, -0.15) is 0 Å². The van der Waals surface area contributed by atoms with E-state index in [1.54, 1.807) is 6.07 Å². The van der Waals surface area contributed by atoms with Crippen molar-refractivity contribution in [3.63, 3.8) is 0 Å². The van der Waals surface area contributed by atoms with Crippen molar-refractivity contribution < 1.29 is 13.9 Å². The Morgan fingerprint density at radius 3 is 2.67 bits per heavy atom. The van der Waals surface area contributed by atoms with Crippen molar-refractivity contribution in [2.45, 2.75) is 52.1 Å². The molecule has 1 N–H and O–H groups in total. The van der Waals surface area contributed by atoms with Crippen LogP contribution in [0.5, 0.6) is 0 Å². The molecule has 0 saturated heterocycles. The Labute approximate surface area is 125 Å². The molecule has 1 fully saturated rings. The fourth-order valence-corrected chi connectivity index (χ4v) is 2.91. The lowest BCUT2D eigenvalue weighted by atomic mass is 9.86. The fourth-order valence-electron chi connectivity index (χ4n) is 2.91. The molecule has 1 aromatic carbocycles. The van der Waals surface area contributed by atoms with Crippen LogP contribution in [0.2, 0.25) is 0 Å². The zero-order chi connectivity index (χ0) is 15.2. The third kappa shape index (κ3) is 4.53. The lowest BCUT2D eigenvalue weighted by Gasteiger charge is -2.28. The predicted molar refractivity (Wildman–Crippen MR) is 80.4 cm³/mol. The van der Waals surface area contributed by atoms with Crippen LogP contribution >= 0.6 is 0 Å². The van der Waals surface area contributed by atoms with Crippen molar-refractivity contribution >= 4 is 5.97 Å². The van der Waals surface area contributed by atoms with Crippen LogP contribution in [-0.4, -0.2) is 18.6 Å².